The zero-order valence-electron chi connectivity index (χ0n) is 10.3. The first-order valence-electron chi connectivity index (χ1n) is 6.31. The van der Waals surface area contributed by atoms with Crippen LogP contribution in [-0.2, 0) is 12.8 Å². The molecular formula is C16H18O2. The van der Waals surface area contributed by atoms with E-state index in [1.165, 1.54) is 0 Å². The Hall–Kier alpha value is -1.96. The van der Waals surface area contributed by atoms with Gasteiger partial charge in [0, 0.05) is 0 Å². The Labute approximate surface area is 108 Å². The van der Waals surface area contributed by atoms with Crippen LogP contribution in [-0.4, -0.2) is 10.2 Å². The third kappa shape index (κ3) is 3.27. The smallest absolute Gasteiger partial charge is 0.118 e. The maximum Gasteiger partial charge on any atom is 0.118 e. The predicted molar refractivity (Wildman–Crippen MR) is 72.9 cm³/mol. The number of benzene rings is 2. The third-order valence-corrected chi connectivity index (χ3v) is 3.13. The summed E-state index contributed by atoms with van der Waals surface area (Å²) in [5.74, 6) is 0.750. The molecule has 94 valence electrons. The summed E-state index contributed by atoms with van der Waals surface area (Å²) in [6.45, 7) is 0. The molecule has 0 amide bonds. The van der Waals surface area contributed by atoms with Crippen LogP contribution in [0.2, 0.25) is 0 Å². The van der Waals surface area contributed by atoms with Gasteiger partial charge in [0.1, 0.15) is 11.5 Å². The normalized spacial score (nSPS) is 10.4. The highest BCUT2D eigenvalue weighted by Crippen LogP contribution is 2.21. The maximum absolute atomic E-state index is 9.63. The number of hydrogen-bond acceptors (Lipinski definition) is 2. The Bertz CT molecular complexity index is 458. The molecule has 2 aromatic carbocycles. The highest BCUT2D eigenvalue weighted by molar-refractivity contribution is 5.32. The fourth-order valence-corrected chi connectivity index (χ4v) is 2.08. The Morgan fingerprint density at radius 3 is 1.39 bits per heavy atom. The van der Waals surface area contributed by atoms with Gasteiger partial charge in [-0.25, -0.2) is 0 Å². The molecule has 2 heteroatoms. The molecule has 0 aliphatic heterocycles. The van der Waals surface area contributed by atoms with Crippen molar-refractivity contribution in [3.8, 4) is 11.5 Å². The molecule has 2 N–H and O–H groups in total. The van der Waals surface area contributed by atoms with E-state index in [0.29, 0.717) is 11.5 Å². The lowest BCUT2D eigenvalue weighted by Gasteiger charge is -2.05. The van der Waals surface area contributed by atoms with Gasteiger partial charge in [0.05, 0.1) is 0 Å². The lowest BCUT2D eigenvalue weighted by Crippen LogP contribution is -1.90. The van der Waals surface area contributed by atoms with Gasteiger partial charge < -0.3 is 10.2 Å². The number of rotatable bonds is 5. The monoisotopic (exact) mass is 242 g/mol. The molecule has 0 saturated carbocycles. The zero-order chi connectivity index (χ0) is 12.8. The van der Waals surface area contributed by atoms with E-state index >= 15 is 0 Å². The van der Waals surface area contributed by atoms with Crippen molar-refractivity contribution in [1.82, 2.24) is 0 Å². The van der Waals surface area contributed by atoms with Crippen molar-refractivity contribution in [3.63, 3.8) is 0 Å². The van der Waals surface area contributed by atoms with Gasteiger partial charge >= 0.3 is 0 Å². The minimum atomic E-state index is 0.375. The summed E-state index contributed by atoms with van der Waals surface area (Å²) in [4.78, 5) is 0. The maximum atomic E-state index is 9.63. The minimum absolute atomic E-state index is 0.375. The lowest BCUT2D eigenvalue weighted by molar-refractivity contribution is 0.463. The second-order valence-corrected chi connectivity index (χ2v) is 4.46. The van der Waals surface area contributed by atoms with E-state index in [9.17, 15) is 10.2 Å². The van der Waals surface area contributed by atoms with Gasteiger partial charge in [0.15, 0.2) is 0 Å². The summed E-state index contributed by atoms with van der Waals surface area (Å²) in [5.41, 5.74) is 1.99. The summed E-state index contributed by atoms with van der Waals surface area (Å²) in [6.07, 6.45) is 3.76. The minimum Gasteiger partial charge on any atom is -0.508 e. The first-order valence-corrected chi connectivity index (χ1v) is 6.31. The summed E-state index contributed by atoms with van der Waals surface area (Å²) < 4.78 is 0. The number of phenolic OH excluding ortho intramolecular Hbond substituents is 2. The fourth-order valence-electron chi connectivity index (χ4n) is 2.08. The van der Waals surface area contributed by atoms with Crippen LogP contribution >= 0.6 is 0 Å². The van der Waals surface area contributed by atoms with E-state index in [1.807, 2.05) is 36.4 Å². The van der Waals surface area contributed by atoms with E-state index in [2.05, 4.69) is 0 Å². The summed E-state index contributed by atoms with van der Waals surface area (Å²) in [7, 11) is 0. The van der Waals surface area contributed by atoms with Crippen LogP contribution in [0.1, 0.15) is 24.0 Å². The van der Waals surface area contributed by atoms with Crippen molar-refractivity contribution in [3.05, 3.63) is 59.7 Å². The average Bonchev–Trinajstić information content (AvgIpc) is 2.38. The van der Waals surface area contributed by atoms with Crippen LogP contribution in [0.3, 0.4) is 0 Å². The number of phenols is 2. The van der Waals surface area contributed by atoms with Crippen molar-refractivity contribution >= 4 is 0 Å². The van der Waals surface area contributed by atoms with Gasteiger partial charge in [-0.1, -0.05) is 36.4 Å². The molecule has 0 heterocycles. The standard InChI is InChI=1S/C16H18O2/c17-15-11-5-3-9-13(15)7-1-2-8-14-10-4-6-12-16(14)18/h3-6,9-12,17-18H,1-2,7-8H2. The first kappa shape index (κ1) is 12.5. The molecule has 0 unspecified atom stereocenters. The second-order valence-electron chi connectivity index (χ2n) is 4.46. The fraction of sp³-hybridized carbons (Fsp3) is 0.250. The molecule has 0 atom stereocenters. The molecule has 2 aromatic rings. The van der Waals surface area contributed by atoms with E-state index in [1.54, 1.807) is 12.1 Å². The van der Waals surface area contributed by atoms with Crippen molar-refractivity contribution in [2.45, 2.75) is 25.7 Å². The number of unbranched alkanes of at least 4 members (excludes halogenated alkanes) is 1. The lowest BCUT2D eigenvalue weighted by atomic mass is 10.0. The van der Waals surface area contributed by atoms with Crippen molar-refractivity contribution in [1.29, 1.82) is 0 Å². The van der Waals surface area contributed by atoms with Gasteiger partial charge in [0.25, 0.3) is 0 Å². The van der Waals surface area contributed by atoms with Crippen LogP contribution in [0, 0.1) is 0 Å². The highest BCUT2D eigenvalue weighted by Gasteiger charge is 2.01. The molecule has 2 rings (SSSR count). The largest absolute Gasteiger partial charge is 0.508 e. The Kier molecular flexibility index (Phi) is 4.24. The van der Waals surface area contributed by atoms with Crippen LogP contribution in [0.25, 0.3) is 0 Å². The van der Waals surface area contributed by atoms with E-state index in [0.717, 1.165) is 36.8 Å². The molecule has 0 radical (unpaired) electrons. The van der Waals surface area contributed by atoms with Crippen molar-refractivity contribution in [2.75, 3.05) is 0 Å². The zero-order valence-corrected chi connectivity index (χ0v) is 10.3. The summed E-state index contributed by atoms with van der Waals surface area (Å²) in [6, 6.07) is 14.9. The summed E-state index contributed by atoms with van der Waals surface area (Å²) in [5, 5.41) is 19.3. The average molecular weight is 242 g/mol. The van der Waals surface area contributed by atoms with Gasteiger partial charge in [-0.05, 0) is 48.9 Å². The molecule has 0 fully saturated rings. The van der Waals surface area contributed by atoms with Crippen LogP contribution < -0.4 is 0 Å². The van der Waals surface area contributed by atoms with E-state index in [4.69, 9.17) is 0 Å². The van der Waals surface area contributed by atoms with Crippen molar-refractivity contribution in [2.24, 2.45) is 0 Å². The topological polar surface area (TPSA) is 40.5 Å². The molecular weight excluding hydrogens is 224 g/mol. The van der Waals surface area contributed by atoms with E-state index < -0.39 is 0 Å². The molecule has 0 aliphatic carbocycles. The molecule has 0 aromatic heterocycles. The van der Waals surface area contributed by atoms with Gasteiger partial charge in [-0.15, -0.1) is 0 Å². The van der Waals surface area contributed by atoms with Crippen LogP contribution in [0.5, 0.6) is 11.5 Å². The quantitative estimate of drug-likeness (QED) is 0.785. The summed E-state index contributed by atoms with van der Waals surface area (Å²) >= 11 is 0. The molecule has 0 saturated heterocycles. The molecule has 0 spiro atoms. The Balaban J connectivity index is 1.80. The molecule has 0 aliphatic rings. The van der Waals surface area contributed by atoms with Gasteiger partial charge in [0.2, 0.25) is 0 Å². The number of aryl methyl sites for hydroxylation is 2. The van der Waals surface area contributed by atoms with Gasteiger partial charge in [-0.2, -0.15) is 0 Å². The van der Waals surface area contributed by atoms with E-state index in [-0.39, 0.29) is 0 Å². The van der Waals surface area contributed by atoms with Crippen LogP contribution in [0.15, 0.2) is 48.5 Å². The predicted octanol–water partition coefficient (Wildman–Crippen LogP) is 3.66. The molecule has 0 bridgehead atoms. The SMILES string of the molecule is Oc1ccccc1CCCCc1ccccc1O. The second kappa shape index (κ2) is 6.10. The molecule has 2 nitrogen and oxygen atoms in total. The number of para-hydroxylation sites is 2. The van der Waals surface area contributed by atoms with Crippen molar-refractivity contribution < 1.29 is 10.2 Å². The Morgan fingerprint density at radius 2 is 1.00 bits per heavy atom. The molecule has 18 heavy (non-hydrogen) atoms. The van der Waals surface area contributed by atoms with Gasteiger partial charge in [-0.3, -0.25) is 0 Å². The number of hydrogen-bond donors (Lipinski definition) is 2. The third-order valence-electron chi connectivity index (χ3n) is 3.13. The number of aromatic hydroxyl groups is 2. The highest BCUT2D eigenvalue weighted by atomic mass is 16.3. The Morgan fingerprint density at radius 1 is 0.611 bits per heavy atom. The van der Waals surface area contributed by atoms with Crippen LogP contribution in [0.4, 0.5) is 0 Å². The first-order chi connectivity index (χ1) is 8.77.